The molecule has 0 heterocycles. The normalized spacial score (nSPS) is 23.7. The van der Waals surface area contributed by atoms with Gasteiger partial charge in [-0.3, -0.25) is 4.79 Å². The Morgan fingerprint density at radius 3 is 2.41 bits per heavy atom. The Morgan fingerprint density at radius 1 is 1.29 bits per heavy atom. The lowest BCUT2D eigenvalue weighted by molar-refractivity contribution is -0.141. The van der Waals surface area contributed by atoms with Crippen LogP contribution >= 0.6 is 0 Å². The van der Waals surface area contributed by atoms with Crippen LogP contribution in [-0.4, -0.2) is 29.2 Å². The zero-order valence-electron chi connectivity index (χ0n) is 10.5. The smallest absolute Gasteiger partial charge is 0.315 e. The van der Waals surface area contributed by atoms with Gasteiger partial charge < -0.3 is 15.7 Å². The van der Waals surface area contributed by atoms with Gasteiger partial charge in [-0.2, -0.15) is 0 Å². The number of amides is 2. The minimum absolute atomic E-state index is 0.00506. The number of carbonyl (C=O) groups excluding carboxylic acids is 1. The molecular formula is C12H22N2O3. The second-order valence-electron chi connectivity index (χ2n) is 4.68. The minimum Gasteiger partial charge on any atom is -0.481 e. The molecule has 2 atom stereocenters. The molecular weight excluding hydrogens is 220 g/mol. The molecule has 1 fully saturated rings. The maximum absolute atomic E-state index is 11.6. The van der Waals surface area contributed by atoms with E-state index < -0.39 is 5.97 Å². The summed E-state index contributed by atoms with van der Waals surface area (Å²) in [6.45, 7) is 4.06. The van der Waals surface area contributed by atoms with E-state index in [0.29, 0.717) is 12.8 Å². The van der Waals surface area contributed by atoms with Gasteiger partial charge in [-0.25, -0.2) is 4.79 Å². The lowest BCUT2D eigenvalue weighted by Gasteiger charge is -2.18. The van der Waals surface area contributed by atoms with Gasteiger partial charge in [0.05, 0.1) is 5.92 Å². The third-order valence-corrected chi connectivity index (χ3v) is 3.44. The van der Waals surface area contributed by atoms with Crippen LogP contribution in [0, 0.1) is 5.92 Å². The summed E-state index contributed by atoms with van der Waals surface area (Å²) in [5, 5.41) is 14.6. The van der Waals surface area contributed by atoms with Crippen LogP contribution in [-0.2, 0) is 4.79 Å². The van der Waals surface area contributed by atoms with E-state index >= 15 is 0 Å². The Bertz CT molecular complexity index is 277. The lowest BCUT2D eigenvalue weighted by Crippen LogP contribution is -2.45. The molecule has 0 aromatic carbocycles. The molecule has 1 aliphatic rings. The van der Waals surface area contributed by atoms with Crippen molar-refractivity contribution >= 4 is 12.0 Å². The Morgan fingerprint density at radius 2 is 1.94 bits per heavy atom. The van der Waals surface area contributed by atoms with E-state index in [1.807, 2.05) is 13.8 Å². The summed E-state index contributed by atoms with van der Waals surface area (Å²) in [5.74, 6) is -1.05. The van der Waals surface area contributed by atoms with Crippen LogP contribution < -0.4 is 10.6 Å². The van der Waals surface area contributed by atoms with Gasteiger partial charge in [0.25, 0.3) is 0 Å². The highest BCUT2D eigenvalue weighted by Gasteiger charge is 2.30. The molecule has 1 aliphatic carbocycles. The van der Waals surface area contributed by atoms with Crippen LogP contribution in [0.1, 0.15) is 46.0 Å². The fraction of sp³-hybridized carbons (Fsp3) is 0.833. The summed E-state index contributed by atoms with van der Waals surface area (Å²) in [6.07, 6.45) is 3.78. The third kappa shape index (κ3) is 4.24. The van der Waals surface area contributed by atoms with Crippen molar-refractivity contribution in [3.05, 3.63) is 0 Å². The number of carboxylic acids is 1. The number of aliphatic carboxylic acids is 1. The number of rotatable bonds is 5. The van der Waals surface area contributed by atoms with E-state index in [2.05, 4.69) is 10.6 Å². The SMILES string of the molecule is CCC(CC)NC(=O)NC1CCC(C(=O)O)C1. The van der Waals surface area contributed by atoms with Crippen molar-refractivity contribution in [1.82, 2.24) is 10.6 Å². The Hall–Kier alpha value is -1.26. The van der Waals surface area contributed by atoms with Gasteiger partial charge in [0.1, 0.15) is 0 Å². The molecule has 0 spiro atoms. The van der Waals surface area contributed by atoms with Gasteiger partial charge in [0.15, 0.2) is 0 Å². The third-order valence-electron chi connectivity index (χ3n) is 3.44. The van der Waals surface area contributed by atoms with Gasteiger partial charge in [-0.1, -0.05) is 13.8 Å². The number of nitrogens with one attached hydrogen (secondary N) is 2. The zero-order chi connectivity index (χ0) is 12.8. The highest BCUT2D eigenvalue weighted by atomic mass is 16.4. The topological polar surface area (TPSA) is 78.4 Å². The van der Waals surface area contributed by atoms with Crippen molar-refractivity contribution in [2.45, 2.75) is 58.0 Å². The zero-order valence-corrected chi connectivity index (χ0v) is 10.5. The van der Waals surface area contributed by atoms with Gasteiger partial charge >= 0.3 is 12.0 Å². The molecule has 1 saturated carbocycles. The molecule has 2 amide bonds. The maximum Gasteiger partial charge on any atom is 0.315 e. The average molecular weight is 242 g/mol. The van der Waals surface area contributed by atoms with Gasteiger partial charge in [0, 0.05) is 12.1 Å². The van der Waals surface area contributed by atoms with E-state index in [4.69, 9.17) is 5.11 Å². The number of carboxylic acid groups (broad SMARTS) is 1. The van der Waals surface area contributed by atoms with Crippen molar-refractivity contribution < 1.29 is 14.7 Å². The van der Waals surface area contributed by atoms with Gasteiger partial charge in [-0.05, 0) is 32.1 Å². The molecule has 0 aromatic heterocycles. The van der Waals surface area contributed by atoms with Crippen molar-refractivity contribution in [3.8, 4) is 0 Å². The quantitative estimate of drug-likeness (QED) is 0.687. The van der Waals surface area contributed by atoms with E-state index in [0.717, 1.165) is 19.3 Å². The molecule has 1 rings (SSSR count). The molecule has 2 unspecified atom stereocenters. The Kier molecular flexibility index (Phi) is 5.25. The number of hydrogen-bond acceptors (Lipinski definition) is 2. The molecule has 98 valence electrons. The number of urea groups is 1. The van der Waals surface area contributed by atoms with Gasteiger partial charge in [0.2, 0.25) is 0 Å². The van der Waals surface area contributed by atoms with Crippen molar-refractivity contribution in [3.63, 3.8) is 0 Å². The predicted molar refractivity (Wildman–Crippen MR) is 64.8 cm³/mol. The summed E-state index contributed by atoms with van der Waals surface area (Å²) in [5.41, 5.74) is 0. The molecule has 0 bridgehead atoms. The second-order valence-corrected chi connectivity index (χ2v) is 4.68. The molecule has 0 radical (unpaired) electrons. The van der Waals surface area contributed by atoms with Crippen molar-refractivity contribution in [1.29, 1.82) is 0 Å². The predicted octanol–water partition coefficient (Wildman–Crippen LogP) is 1.73. The van der Waals surface area contributed by atoms with Crippen molar-refractivity contribution in [2.75, 3.05) is 0 Å². The number of hydrogen-bond donors (Lipinski definition) is 3. The first kappa shape index (κ1) is 13.8. The van der Waals surface area contributed by atoms with Gasteiger partial charge in [-0.15, -0.1) is 0 Å². The van der Waals surface area contributed by atoms with Crippen LogP contribution in [0.4, 0.5) is 4.79 Å². The summed E-state index contributed by atoms with van der Waals surface area (Å²) >= 11 is 0. The largest absolute Gasteiger partial charge is 0.481 e. The fourth-order valence-corrected chi connectivity index (χ4v) is 2.24. The monoisotopic (exact) mass is 242 g/mol. The van der Waals surface area contributed by atoms with Crippen LogP contribution in [0.5, 0.6) is 0 Å². The Labute approximate surface area is 102 Å². The highest BCUT2D eigenvalue weighted by molar-refractivity contribution is 5.75. The summed E-state index contributed by atoms with van der Waals surface area (Å²) in [6, 6.07) is 0.0341. The first-order valence-corrected chi connectivity index (χ1v) is 6.36. The average Bonchev–Trinajstić information content (AvgIpc) is 2.74. The molecule has 0 saturated heterocycles. The van der Waals surface area contributed by atoms with E-state index in [-0.39, 0.29) is 24.0 Å². The Balaban J connectivity index is 2.30. The van der Waals surface area contributed by atoms with Crippen molar-refractivity contribution in [2.24, 2.45) is 5.92 Å². The van der Waals surface area contributed by atoms with Crippen LogP contribution in [0.2, 0.25) is 0 Å². The first-order chi connectivity index (χ1) is 8.06. The minimum atomic E-state index is -0.755. The molecule has 17 heavy (non-hydrogen) atoms. The summed E-state index contributed by atoms with van der Waals surface area (Å²) in [4.78, 5) is 22.4. The lowest BCUT2D eigenvalue weighted by atomic mass is 10.1. The molecule has 5 heteroatoms. The molecule has 0 aliphatic heterocycles. The van der Waals surface area contributed by atoms with E-state index in [1.165, 1.54) is 0 Å². The van der Waals surface area contributed by atoms with E-state index in [9.17, 15) is 9.59 Å². The summed E-state index contributed by atoms with van der Waals surface area (Å²) < 4.78 is 0. The maximum atomic E-state index is 11.6. The molecule has 0 aromatic rings. The number of carbonyl (C=O) groups is 2. The van der Waals surface area contributed by atoms with E-state index in [1.54, 1.807) is 0 Å². The first-order valence-electron chi connectivity index (χ1n) is 6.36. The van der Waals surface area contributed by atoms with Crippen LogP contribution in [0.15, 0.2) is 0 Å². The highest BCUT2D eigenvalue weighted by Crippen LogP contribution is 2.25. The molecule has 5 nitrogen and oxygen atoms in total. The van der Waals surface area contributed by atoms with Crippen LogP contribution in [0.3, 0.4) is 0 Å². The fourth-order valence-electron chi connectivity index (χ4n) is 2.24. The van der Waals surface area contributed by atoms with Crippen LogP contribution in [0.25, 0.3) is 0 Å². The molecule has 3 N–H and O–H groups in total. The second kappa shape index (κ2) is 6.47. The standard InChI is InChI=1S/C12H22N2O3/c1-3-9(4-2)13-12(17)14-10-6-5-8(7-10)11(15)16/h8-10H,3-7H2,1-2H3,(H,15,16)(H2,13,14,17). The summed E-state index contributed by atoms with van der Waals surface area (Å²) in [7, 11) is 0.